The molecule has 1 aromatic carbocycles. The van der Waals surface area contributed by atoms with E-state index in [1.807, 2.05) is 0 Å². The third kappa shape index (κ3) is 8.37. The number of phosphoric ester groups is 1. The van der Waals surface area contributed by atoms with Crippen LogP contribution in [0.1, 0.15) is 57.5 Å². The van der Waals surface area contributed by atoms with Crippen molar-refractivity contribution in [3.05, 3.63) is 70.8 Å². The number of carbonyl (C=O) groups excluding carboxylic acids is 1. The largest absolute Gasteiger partial charge is 0.477 e. The van der Waals surface area contributed by atoms with E-state index in [1.54, 1.807) is 48.5 Å². The Balaban J connectivity index is 1.88. The first-order valence-corrected chi connectivity index (χ1v) is 17.6. The Bertz CT molecular complexity index is 2160. The van der Waals surface area contributed by atoms with Gasteiger partial charge in [-0.1, -0.05) is 0 Å². The minimum atomic E-state index is -5.39. The number of thiophene rings is 1. The van der Waals surface area contributed by atoms with Gasteiger partial charge in [-0.05, 0) is 66.2 Å². The molecule has 0 saturated carbocycles. The van der Waals surface area contributed by atoms with Crippen LogP contribution in [0.25, 0.3) is 21.5 Å². The fourth-order valence-electron chi connectivity index (χ4n) is 4.74. The summed E-state index contributed by atoms with van der Waals surface area (Å²) in [7, 11) is -1.68. The van der Waals surface area contributed by atoms with Crippen LogP contribution in [-0.2, 0) is 56.4 Å². The summed E-state index contributed by atoms with van der Waals surface area (Å²) in [5.41, 5.74) is -6.17. The van der Waals surface area contributed by atoms with Gasteiger partial charge in [0, 0.05) is 29.9 Å². The molecule has 0 unspecified atom stereocenters. The predicted molar refractivity (Wildman–Crippen MR) is 174 cm³/mol. The molecule has 0 spiro atoms. The van der Waals surface area contributed by atoms with Crippen molar-refractivity contribution in [2.75, 3.05) is 0 Å². The molecule has 19 heteroatoms. The number of rotatable bonds is 8. The Hall–Kier alpha value is -3.28. The Labute approximate surface area is 284 Å². The Kier molecular flexibility index (Phi) is 10.6. The summed E-state index contributed by atoms with van der Waals surface area (Å²) in [6.45, 7) is 10.3. The van der Waals surface area contributed by atoms with Gasteiger partial charge in [0.15, 0.2) is 4.80 Å². The molecule has 0 aliphatic heterocycles. The zero-order valence-corrected chi connectivity index (χ0v) is 30.5. The average molecular weight is 753 g/mol. The van der Waals surface area contributed by atoms with Crippen molar-refractivity contribution in [1.82, 2.24) is 13.7 Å². The van der Waals surface area contributed by atoms with E-state index in [0.29, 0.717) is 32.7 Å². The van der Waals surface area contributed by atoms with E-state index in [2.05, 4.69) is 4.99 Å². The fraction of sp³-hybridized carbons (Fsp3) is 0.467. The summed E-state index contributed by atoms with van der Waals surface area (Å²) in [6.07, 6.45) is -5.81. The molecule has 1 amide bonds. The van der Waals surface area contributed by atoms with Gasteiger partial charge in [0.2, 0.25) is 0 Å². The number of hydrogen-bond donors (Lipinski definition) is 0. The number of thiazole rings is 1. The van der Waals surface area contributed by atoms with Crippen LogP contribution in [0, 0.1) is 18.6 Å². The zero-order valence-electron chi connectivity index (χ0n) is 27.9. The molecule has 0 saturated heterocycles. The van der Waals surface area contributed by atoms with E-state index < -0.39 is 78.3 Å². The van der Waals surface area contributed by atoms with E-state index in [-0.39, 0.29) is 15.9 Å². The molecule has 0 N–H and O–H groups in total. The molecule has 4 rings (SSSR count). The number of aromatic nitrogens is 3. The lowest BCUT2D eigenvalue weighted by atomic mass is 10.1. The lowest BCUT2D eigenvalue weighted by Gasteiger charge is -2.31. The average Bonchev–Trinajstić information content (AvgIpc) is 3.46. The smallest absolute Gasteiger partial charge is 0.292 e. The van der Waals surface area contributed by atoms with E-state index in [0.717, 1.165) is 26.5 Å². The topological polar surface area (TPSA) is 123 Å². The molecule has 0 fully saturated rings. The van der Waals surface area contributed by atoms with Crippen molar-refractivity contribution < 1.29 is 44.9 Å². The van der Waals surface area contributed by atoms with Crippen molar-refractivity contribution in [2.24, 2.45) is 19.1 Å². The van der Waals surface area contributed by atoms with E-state index in [1.165, 1.54) is 24.0 Å². The number of halogens is 5. The minimum Gasteiger partial charge on any atom is -0.292 e. The Morgan fingerprint density at radius 3 is 2.12 bits per heavy atom. The number of amides is 1. The minimum absolute atomic E-state index is 0.145. The number of hydrogen-bond acceptors (Lipinski definition) is 9. The molecule has 0 aliphatic rings. The van der Waals surface area contributed by atoms with Crippen molar-refractivity contribution in [1.29, 1.82) is 0 Å². The number of nitrogens with zero attached hydrogens (tertiary/aromatic N) is 4. The van der Waals surface area contributed by atoms with Gasteiger partial charge in [0.05, 0.1) is 28.7 Å². The van der Waals surface area contributed by atoms with Gasteiger partial charge in [-0.2, -0.15) is 18.2 Å². The summed E-state index contributed by atoms with van der Waals surface area (Å²) in [5, 5.41) is 1.31. The van der Waals surface area contributed by atoms with E-state index in [4.69, 9.17) is 13.6 Å². The highest BCUT2D eigenvalue weighted by Crippen LogP contribution is 2.55. The first-order valence-electron chi connectivity index (χ1n) is 14.5. The van der Waals surface area contributed by atoms with Crippen LogP contribution in [0.2, 0.25) is 0 Å². The van der Waals surface area contributed by atoms with Gasteiger partial charge in [-0.15, -0.1) is 22.7 Å². The van der Waals surface area contributed by atoms with E-state index in [9.17, 15) is 36.5 Å². The molecular formula is C30H34F5N4O7PS2. The van der Waals surface area contributed by atoms with Gasteiger partial charge in [-0.25, -0.2) is 18.1 Å². The summed E-state index contributed by atoms with van der Waals surface area (Å²) in [4.78, 5) is 43.7. The number of benzene rings is 1. The molecule has 4 aromatic rings. The maximum Gasteiger partial charge on any atom is 0.477 e. The fourth-order valence-corrected chi connectivity index (χ4v) is 8.50. The van der Waals surface area contributed by atoms with Crippen molar-refractivity contribution in [3.63, 3.8) is 0 Å². The van der Waals surface area contributed by atoms with Crippen LogP contribution in [-0.4, -0.2) is 30.8 Å². The quantitative estimate of drug-likeness (QED) is 0.143. The maximum absolute atomic E-state index is 15.4. The molecule has 268 valence electrons. The first kappa shape index (κ1) is 38.5. The van der Waals surface area contributed by atoms with Crippen LogP contribution in [0.5, 0.6) is 0 Å². The zero-order chi connectivity index (χ0) is 37.0. The normalized spacial score (nSPS) is 13.6. The highest BCUT2D eigenvalue weighted by Gasteiger charge is 2.40. The van der Waals surface area contributed by atoms with E-state index >= 15 is 4.39 Å². The monoisotopic (exact) mass is 752 g/mol. The SMILES string of the molecule is Cc1sc2c(c1CC(=O)N=c1scc(-c3ccc(F)c(C(F)(F)F)c3F)n1COP(=O)(OC(C)(C)C)OC(C)(C)C)c(=O)n(C)c(=O)n2C. The molecule has 0 atom stereocenters. The Morgan fingerprint density at radius 2 is 1.57 bits per heavy atom. The molecular weight excluding hydrogens is 718 g/mol. The summed E-state index contributed by atoms with van der Waals surface area (Å²) in [6, 6.07) is 1.22. The number of phosphoric acid groups is 1. The second kappa shape index (κ2) is 13.5. The van der Waals surface area contributed by atoms with Gasteiger partial charge in [0.25, 0.3) is 11.5 Å². The number of alkyl halides is 3. The molecule has 0 bridgehead atoms. The van der Waals surface area contributed by atoms with Crippen LogP contribution in [0.3, 0.4) is 0 Å². The highest BCUT2D eigenvalue weighted by atomic mass is 32.1. The number of carbonyl (C=O) groups is 1. The predicted octanol–water partition coefficient (Wildman–Crippen LogP) is 6.82. The molecule has 3 heterocycles. The van der Waals surface area contributed by atoms with Gasteiger partial charge >= 0.3 is 19.7 Å². The van der Waals surface area contributed by atoms with Crippen molar-refractivity contribution in [3.8, 4) is 11.3 Å². The highest BCUT2D eigenvalue weighted by molar-refractivity contribution is 7.48. The van der Waals surface area contributed by atoms with Crippen molar-refractivity contribution in [2.45, 2.75) is 79.0 Å². The van der Waals surface area contributed by atoms with Gasteiger partial charge in [0.1, 0.15) is 28.8 Å². The summed E-state index contributed by atoms with van der Waals surface area (Å²) in [5.74, 6) is -4.59. The van der Waals surface area contributed by atoms with Crippen LogP contribution >= 0.6 is 30.5 Å². The molecule has 49 heavy (non-hydrogen) atoms. The lowest BCUT2D eigenvalue weighted by molar-refractivity contribution is -0.142. The Morgan fingerprint density at radius 1 is 0.980 bits per heavy atom. The third-order valence-electron chi connectivity index (χ3n) is 6.70. The van der Waals surface area contributed by atoms with Gasteiger partial charge < -0.3 is 0 Å². The van der Waals surface area contributed by atoms with Crippen molar-refractivity contribution >= 4 is 46.6 Å². The van der Waals surface area contributed by atoms with Gasteiger partial charge in [-0.3, -0.25) is 36.9 Å². The van der Waals surface area contributed by atoms with Crippen LogP contribution < -0.4 is 16.1 Å². The number of fused-ring (bicyclic) bond motifs is 1. The second-order valence-electron chi connectivity index (χ2n) is 12.9. The standard InChI is InChI=1S/C30H34F5N4O7PS2/c1-15-17(21-24(41)37(8)27(42)38(9)25(21)49-15)12-20(40)36-26-39(14-44-47(43,45-28(2,3)4)46-29(5,6)7)19(13-48-26)16-10-11-18(31)22(23(16)32)30(33,34)35/h10-11,13H,12,14H2,1-9H3. The summed E-state index contributed by atoms with van der Waals surface area (Å²) < 4.78 is 104. The molecule has 0 aliphatic carbocycles. The molecule has 0 radical (unpaired) electrons. The maximum atomic E-state index is 15.4. The van der Waals surface area contributed by atoms with Crippen LogP contribution in [0.15, 0.2) is 32.1 Å². The van der Waals surface area contributed by atoms with Crippen LogP contribution in [0.4, 0.5) is 22.0 Å². The summed E-state index contributed by atoms with van der Waals surface area (Å²) >= 11 is 1.84. The number of aryl methyl sites for hydroxylation is 2. The molecule has 11 nitrogen and oxygen atoms in total. The second-order valence-corrected chi connectivity index (χ2v) is 16.5. The third-order valence-corrected chi connectivity index (χ3v) is 10.8. The molecule has 3 aromatic heterocycles. The first-order chi connectivity index (χ1) is 22.3. The lowest BCUT2D eigenvalue weighted by Crippen LogP contribution is -2.36.